The summed E-state index contributed by atoms with van der Waals surface area (Å²) in [5, 5.41) is 0. The fourth-order valence-electron chi connectivity index (χ4n) is 7.89. The van der Waals surface area contributed by atoms with Gasteiger partial charge in [-0.25, -0.2) is 0 Å². The minimum atomic E-state index is -0.114. The standard InChI is InChI=1S/C45H40O5/c1-26(46)31-6-16-36(17-7-31)41-42(37-18-8-32(9-19-37)27(2)47)44(39-22-12-34(13-23-39)29(4)49)45(40-24-14-35(15-25-40)30(5)50)43(41)38-20-10-33(11-21-38)28(3)48/h6-25,41-45H,1-5H3. The number of Topliss-reactive ketones (excluding diaryl/α,β-unsaturated/α-hetero) is 5. The summed E-state index contributed by atoms with van der Waals surface area (Å²) < 4.78 is 0. The first-order valence-corrected chi connectivity index (χ1v) is 17.0. The number of hydrogen-bond donors (Lipinski definition) is 0. The topological polar surface area (TPSA) is 85.3 Å². The van der Waals surface area contributed by atoms with E-state index < -0.39 is 0 Å². The Bertz CT molecular complexity index is 1700. The Kier molecular flexibility index (Phi) is 9.70. The fourth-order valence-corrected chi connectivity index (χ4v) is 7.89. The third-order valence-electron chi connectivity index (χ3n) is 10.4. The molecule has 1 aliphatic carbocycles. The molecule has 50 heavy (non-hydrogen) atoms. The van der Waals surface area contributed by atoms with Crippen LogP contribution in [0.3, 0.4) is 0 Å². The molecule has 0 radical (unpaired) electrons. The molecule has 0 aliphatic heterocycles. The van der Waals surface area contributed by atoms with E-state index in [4.69, 9.17) is 0 Å². The second-order valence-electron chi connectivity index (χ2n) is 13.5. The van der Waals surface area contributed by atoms with Crippen molar-refractivity contribution in [2.24, 2.45) is 0 Å². The highest BCUT2D eigenvalue weighted by Crippen LogP contribution is 2.66. The van der Waals surface area contributed by atoms with E-state index in [0.717, 1.165) is 27.8 Å². The number of carbonyl (C=O) groups is 5. The van der Waals surface area contributed by atoms with E-state index in [2.05, 4.69) is 0 Å². The Balaban J connectivity index is 1.67. The van der Waals surface area contributed by atoms with E-state index in [1.54, 1.807) is 34.6 Å². The first kappa shape index (κ1) is 34.3. The molecule has 0 atom stereocenters. The molecule has 1 saturated carbocycles. The summed E-state index contributed by atoms with van der Waals surface area (Å²) in [6, 6.07) is 39.3. The molecule has 0 N–H and O–H groups in total. The number of ketones is 5. The number of carbonyl (C=O) groups excluding carboxylic acids is 5. The molecular weight excluding hydrogens is 620 g/mol. The zero-order chi connectivity index (χ0) is 35.7. The molecule has 0 amide bonds. The van der Waals surface area contributed by atoms with Gasteiger partial charge in [0.15, 0.2) is 28.9 Å². The van der Waals surface area contributed by atoms with Crippen LogP contribution in [0.1, 0.15) is 144 Å². The largest absolute Gasteiger partial charge is 0.295 e. The number of benzene rings is 5. The van der Waals surface area contributed by atoms with Gasteiger partial charge >= 0.3 is 0 Å². The molecule has 1 fully saturated rings. The molecule has 5 aromatic rings. The van der Waals surface area contributed by atoms with Crippen LogP contribution in [-0.4, -0.2) is 28.9 Å². The zero-order valence-electron chi connectivity index (χ0n) is 29.0. The van der Waals surface area contributed by atoms with E-state index in [9.17, 15) is 24.0 Å². The minimum Gasteiger partial charge on any atom is -0.295 e. The maximum Gasteiger partial charge on any atom is 0.159 e. The molecule has 1 aliphatic rings. The molecule has 0 unspecified atom stereocenters. The predicted octanol–water partition coefficient (Wildman–Crippen LogP) is 9.93. The summed E-state index contributed by atoms with van der Waals surface area (Å²) in [5.41, 5.74) is 8.44. The summed E-state index contributed by atoms with van der Waals surface area (Å²) in [6.45, 7) is 7.80. The molecule has 0 spiro atoms. The van der Waals surface area contributed by atoms with E-state index >= 15 is 0 Å². The highest BCUT2D eigenvalue weighted by Gasteiger charge is 2.53. The molecule has 250 valence electrons. The third kappa shape index (κ3) is 6.69. The Morgan fingerprint density at radius 2 is 0.380 bits per heavy atom. The van der Waals surface area contributed by atoms with E-state index in [0.29, 0.717) is 27.8 Å². The van der Waals surface area contributed by atoms with Gasteiger partial charge in [-0.2, -0.15) is 0 Å². The van der Waals surface area contributed by atoms with Gasteiger partial charge in [-0.1, -0.05) is 121 Å². The van der Waals surface area contributed by atoms with Crippen molar-refractivity contribution >= 4 is 28.9 Å². The molecule has 0 heterocycles. The molecular formula is C45H40O5. The monoisotopic (exact) mass is 660 g/mol. The average Bonchev–Trinajstić information content (AvgIpc) is 3.48. The SMILES string of the molecule is CC(=O)c1ccc(C2C(c3ccc(C(C)=O)cc3)C(c3ccc(C(C)=O)cc3)C(c3ccc(C(C)=O)cc3)C2c2ccc(C(C)=O)cc2)cc1. The zero-order valence-corrected chi connectivity index (χ0v) is 29.0. The van der Waals surface area contributed by atoms with Gasteiger partial charge in [0.2, 0.25) is 0 Å². The normalized spacial score (nSPS) is 19.9. The van der Waals surface area contributed by atoms with Crippen molar-refractivity contribution in [1.82, 2.24) is 0 Å². The van der Waals surface area contributed by atoms with Gasteiger partial charge in [-0.15, -0.1) is 0 Å². The van der Waals surface area contributed by atoms with Crippen molar-refractivity contribution in [3.05, 3.63) is 177 Å². The van der Waals surface area contributed by atoms with Gasteiger partial charge in [0.25, 0.3) is 0 Å². The summed E-state index contributed by atoms with van der Waals surface area (Å²) in [4.78, 5) is 61.7. The maximum absolute atomic E-state index is 12.3. The van der Waals surface area contributed by atoms with Crippen molar-refractivity contribution in [2.75, 3.05) is 0 Å². The van der Waals surface area contributed by atoms with Crippen LogP contribution >= 0.6 is 0 Å². The quantitative estimate of drug-likeness (QED) is 0.139. The van der Waals surface area contributed by atoms with Crippen molar-refractivity contribution in [2.45, 2.75) is 64.2 Å². The van der Waals surface area contributed by atoms with Crippen LogP contribution in [0.2, 0.25) is 0 Å². The fraction of sp³-hybridized carbons (Fsp3) is 0.222. The van der Waals surface area contributed by atoms with Crippen LogP contribution in [0.15, 0.2) is 121 Å². The van der Waals surface area contributed by atoms with Crippen LogP contribution in [-0.2, 0) is 0 Å². The van der Waals surface area contributed by atoms with Gasteiger partial charge in [0.1, 0.15) is 0 Å². The Morgan fingerprint density at radius 3 is 0.480 bits per heavy atom. The molecule has 5 nitrogen and oxygen atoms in total. The summed E-state index contributed by atoms with van der Waals surface area (Å²) >= 11 is 0. The molecule has 5 heteroatoms. The Hall–Kier alpha value is -5.55. The summed E-state index contributed by atoms with van der Waals surface area (Å²) in [6.07, 6.45) is 0. The summed E-state index contributed by atoms with van der Waals surface area (Å²) in [5.74, 6) is -0.625. The van der Waals surface area contributed by atoms with Gasteiger partial charge in [-0.3, -0.25) is 24.0 Å². The maximum atomic E-state index is 12.3. The van der Waals surface area contributed by atoms with Crippen molar-refractivity contribution in [3.63, 3.8) is 0 Å². The Labute approximate surface area is 293 Å². The lowest BCUT2D eigenvalue weighted by Gasteiger charge is -2.29. The Morgan fingerprint density at radius 1 is 0.260 bits per heavy atom. The summed E-state index contributed by atoms with van der Waals surface area (Å²) in [7, 11) is 0. The van der Waals surface area contributed by atoms with Gasteiger partial charge in [0, 0.05) is 27.8 Å². The average molecular weight is 661 g/mol. The van der Waals surface area contributed by atoms with Crippen LogP contribution in [0.25, 0.3) is 0 Å². The number of rotatable bonds is 10. The van der Waals surface area contributed by atoms with Crippen LogP contribution < -0.4 is 0 Å². The van der Waals surface area contributed by atoms with Crippen molar-refractivity contribution < 1.29 is 24.0 Å². The molecule has 5 aromatic carbocycles. The second kappa shape index (κ2) is 14.1. The highest BCUT2D eigenvalue weighted by atomic mass is 16.1. The molecule has 0 saturated heterocycles. The first-order valence-electron chi connectivity index (χ1n) is 17.0. The molecule has 6 rings (SSSR count). The van der Waals surface area contributed by atoms with Crippen molar-refractivity contribution in [1.29, 1.82) is 0 Å². The lowest BCUT2D eigenvalue weighted by Crippen LogP contribution is -2.14. The van der Waals surface area contributed by atoms with E-state index in [-0.39, 0.29) is 58.5 Å². The van der Waals surface area contributed by atoms with E-state index in [1.165, 1.54) is 0 Å². The van der Waals surface area contributed by atoms with Crippen LogP contribution in [0, 0.1) is 0 Å². The van der Waals surface area contributed by atoms with Gasteiger partial charge in [0.05, 0.1) is 0 Å². The predicted molar refractivity (Wildman–Crippen MR) is 196 cm³/mol. The lowest BCUT2D eigenvalue weighted by molar-refractivity contribution is 0.100. The van der Waals surface area contributed by atoms with Gasteiger partial charge in [-0.05, 0) is 92.0 Å². The van der Waals surface area contributed by atoms with Crippen molar-refractivity contribution in [3.8, 4) is 0 Å². The highest BCUT2D eigenvalue weighted by molar-refractivity contribution is 5.96. The molecule has 0 aromatic heterocycles. The minimum absolute atomic E-state index is 0.0115. The first-order chi connectivity index (χ1) is 23.9. The smallest absolute Gasteiger partial charge is 0.159 e. The van der Waals surface area contributed by atoms with Crippen LogP contribution in [0.4, 0.5) is 0 Å². The number of hydrogen-bond acceptors (Lipinski definition) is 5. The molecule has 0 bridgehead atoms. The van der Waals surface area contributed by atoms with Crippen LogP contribution in [0.5, 0.6) is 0 Å². The van der Waals surface area contributed by atoms with E-state index in [1.807, 2.05) is 121 Å². The second-order valence-corrected chi connectivity index (χ2v) is 13.5. The third-order valence-corrected chi connectivity index (χ3v) is 10.4. The lowest BCUT2D eigenvalue weighted by atomic mass is 9.74. The van der Waals surface area contributed by atoms with Gasteiger partial charge < -0.3 is 0 Å².